The highest BCUT2D eigenvalue weighted by Crippen LogP contribution is 2.25. The van der Waals surface area contributed by atoms with Crippen LogP contribution in [0.4, 0.5) is 5.69 Å². The van der Waals surface area contributed by atoms with E-state index in [1.54, 1.807) is 0 Å². The molecule has 1 amide bonds. The first-order valence-corrected chi connectivity index (χ1v) is 6.91. The van der Waals surface area contributed by atoms with Crippen molar-refractivity contribution in [2.75, 3.05) is 19.0 Å². The summed E-state index contributed by atoms with van der Waals surface area (Å²) >= 11 is 0. The molecule has 2 unspecified atom stereocenters. The zero-order valence-corrected chi connectivity index (χ0v) is 11.6. The molecule has 2 rings (SSSR count). The molecule has 4 nitrogen and oxygen atoms in total. The van der Waals surface area contributed by atoms with Gasteiger partial charge in [-0.15, -0.1) is 0 Å². The highest BCUT2D eigenvalue weighted by molar-refractivity contribution is 5.93. The van der Waals surface area contributed by atoms with Gasteiger partial charge in [-0.05, 0) is 31.5 Å². The lowest BCUT2D eigenvalue weighted by Crippen LogP contribution is -2.29. The number of amides is 1. The van der Waals surface area contributed by atoms with Crippen molar-refractivity contribution < 1.29 is 9.53 Å². The van der Waals surface area contributed by atoms with E-state index in [9.17, 15) is 4.79 Å². The lowest BCUT2D eigenvalue weighted by atomic mass is 9.98. The van der Waals surface area contributed by atoms with Crippen molar-refractivity contribution in [1.29, 1.82) is 0 Å². The van der Waals surface area contributed by atoms with Crippen LogP contribution in [0.15, 0.2) is 24.3 Å². The second-order valence-electron chi connectivity index (χ2n) is 4.89. The average molecular weight is 262 g/mol. The number of ether oxygens (including phenoxy) is 1. The number of nitrogens with one attached hydrogen (secondary N) is 2. The van der Waals surface area contributed by atoms with Crippen LogP contribution in [0, 0.1) is 5.92 Å². The van der Waals surface area contributed by atoms with Gasteiger partial charge in [0.25, 0.3) is 0 Å². The Labute approximate surface area is 114 Å². The summed E-state index contributed by atoms with van der Waals surface area (Å²) < 4.78 is 5.58. The van der Waals surface area contributed by atoms with Crippen molar-refractivity contribution >= 4 is 11.6 Å². The van der Waals surface area contributed by atoms with Crippen LogP contribution < -0.4 is 10.6 Å². The van der Waals surface area contributed by atoms with Gasteiger partial charge in [-0.2, -0.15) is 0 Å². The number of anilines is 1. The summed E-state index contributed by atoms with van der Waals surface area (Å²) in [6, 6.07) is 7.89. The zero-order valence-electron chi connectivity index (χ0n) is 11.6. The van der Waals surface area contributed by atoms with Gasteiger partial charge in [0.05, 0.1) is 12.0 Å². The van der Waals surface area contributed by atoms with Gasteiger partial charge in [0.15, 0.2) is 0 Å². The van der Waals surface area contributed by atoms with E-state index < -0.39 is 0 Å². The molecule has 2 atom stereocenters. The molecule has 0 radical (unpaired) electrons. The Bertz CT molecular complexity index is 434. The van der Waals surface area contributed by atoms with Crippen LogP contribution in [0.25, 0.3) is 0 Å². The third kappa shape index (κ3) is 3.33. The molecule has 19 heavy (non-hydrogen) atoms. The van der Waals surface area contributed by atoms with Gasteiger partial charge in [-0.1, -0.05) is 25.1 Å². The summed E-state index contributed by atoms with van der Waals surface area (Å²) in [5.74, 6) is 0.0561. The second-order valence-corrected chi connectivity index (χ2v) is 4.89. The fourth-order valence-electron chi connectivity index (χ4n) is 2.56. The number of para-hydroxylation sites is 1. The van der Waals surface area contributed by atoms with Crippen molar-refractivity contribution in [3.05, 3.63) is 29.8 Å². The molecule has 0 bridgehead atoms. The van der Waals surface area contributed by atoms with Crippen LogP contribution in [0.3, 0.4) is 0 Å². The topological polar surface area (TPSA) is 50.4 Å². The summed E-state index contributed by atoms with van der Waals surface area (Å²) in [4.78, 5) is 12.3. The minimum Gasteiger partial charge on any atom is -0.377 e. The van der Waals surface area contributed by atoms with E-state index in [0.29, 0.717) is 6.61 Å². The highest BCUT2D eigenvalue weighted by atomic mass is 16.5. The van der Waals surface area contributed by atoms with Gasteiger partial charge >= 0.3 is 0 Å². The molecule has 0 aliphatic carbocycles. The van der Waals surface area contributed by atoms with E-state index in [1.807, 2.05) is 31.3 Å². The predicted molar refractivity (Wildman–Crippen MR) is 76.0 cm³/mol. The van der Waals surface area contributed by atoms with E-state index in [4.69, 9.17) is 4.74 Å². The maximum absolute atomic E-state index is 12.3. The Hall–Kier alpha value is -1.39. The lowest BCUT2D eigenvalue weighted by molar-refractivity contribution is -0.121. The Morgan fingerprint density at radius 3 is 2.95 bits per heavy atom. The Kier molecular flexibility index (Phi) is 4.93. The smallest absolute Gasteiger partial charge is 0.230 e. The fourth-order valence-corrected chi connectivity index (χ4v) is 2.56. The van der Waals surface area contributed by atoms with Crippen LogP contribution in [-0.4, -0.2) is 25.7 Å². The van der Waals surface area contributed by atoms with E-state index >= 15 is 0 Å². The third-order valence-electron chi connectivity index (χ3n) is 3.59. The molecule has 2 N–H and O–H groups in total. The minimum atomic E-state index is -0.0207. The summed E-state index contributed by atoms with van der Waals surface area (Å²) in [7, 11) is 1.90. The first-order chi connectivity index (χ1) is 9.26. The standard InChI is InChI=1S/C15H22N2O2/c1-3-14-12(8-9-19-14)15(18)17-13-7-5-4-6-11(13)10-16-2/h4-7,12,14,16H,3,8-10H2,1-2H3,(H,17,18). The zero-order chi connectivity index (χ0) is 13.7. The molecule has 0 spiro atoms. The van der Waals surface area contributed by atoms with Crippen LogP contribution in [0.5, 0.6) is 0 Å². The highest BCUT2D eigenvalue weighted by Gasteiger charge is 2.32. The molecule has 1 heterocycles. The van der Waals surface area contributed by atoms with Gasteiger partial charge in [0.2, 0.25) is 5.91 Å². The molecule has 1 aliphatic rings. The first kappa shape index (κ1) is 14.0. The largest absolute Gasteiger partial charge is 0.377 e. The summed E-state index contributed by atoms with van der Waals surface area (Å²) in [6.45, 7) is 3.49. The van der Waals surface area contributed by atoms with Crippen molar-refractivity contribution in [1.82, 2.24) is 5.32 Å². The maximum Gasteiger partial charge on any atom is 0.230 e. The molecule has 104 valence electrons. The number of hydrogen-bond acceptors (Lipinski definition) is 3. The molecule has 1 aromatic rings. The number of rotatable bonds is 5. The van der Waals surface area contributed by atoms with Crippen molar-refractivity contribution in [2.45, 2.75) is 32.4 Å². The molecule has 1 aliphatic heterocycles. The van der Waals surface area contributed by atoms with Crippen LogP contribution >= 0.6 is 0 Å². The van der Waals surface area contributed by atoms with Crippen LogP contribution in [0.1, 0.15) is 25.3 Å². The normalized spacial score (nSPS) is 22.4. The second kappa shape index (κ2) is 6.68. The maximum atomic E-state index is 12.3. The molecular formula is C15H22N2O2. The summed E-state index contributed by atoms with van der Waals surface area (Å²) in [5, 5.41) is 6.15. The van der Waals surface area contributed by atoms with Gasteiger partial charge in [-0.25, -0.2) is 0 Å². The van der Waals surface area contributed by atoms with Crippen molar-refractivity contribution in [2.24, 2.45) is 5.92 Å². The van der Waals surface area contributed by atoms with Gasteiger partial charge in [-0.3, -0.25) is 4.79 Å². The Balaban J connectivity index is 2.06. The minimum absolute atomic E-state index is 0.0207. The summed E-state index contributed by atoms with van der Waals surface area (Å²) in [5.41, 5.74) is 1.99. The lowest BCUT2D eigenvalue weighted by Gasteiger charge is -2.18. The molecule has 1 aromatic carbocycles. The molecule has 0 aromatic heterocycles. The van der Waals surface area contributed by atoms with Crippen LogP contribution in [-0.2, 0) is 16.1 Å². The number of carbonyl (C=O) groups is 1. The monoisotopic (exact) mass is 262 g/mol. The Morgan fingerprint density at radius 1 is 1.42 bits per heavy atom. The molecule has 4 heteroatoms. The Morgan fingerprint density at radius 2 is 2.21 bits per heavy atom. The molecular weight excluding hydrogens is 240 g/mol. The van der Waals surface area contributed by atoms with E-state index in [-0.39, 0.29) is 17.9 Å². The third-order valence-corrected chi connectivity index (χ3v) is 3.59. The van der Waals surface area contributed by atoms with Crippen molar-refractivity contribution in [3.63, 3.8) is 0 Å². The van der Waals surface area contributed by atoms with E-state index in [2.05, 4.69) is 17.6 Å². The molecule has 1 saturated heterocycles. The fraction of sp³-hybridized carbons (Fsp3) is 0.533. The van der Waals surface area contributed by atoms with Crippen molar-refractivity contribution in [3.8, 4) is 0 Å². The van der Waals surface area contributed by atoms with Crippen LogP contribution in [0.2, 0.25) is 0 Å². The number of benzene rings is 1. The summed E-state index contributed by atoms with van der Waals surface area (Å²) in [6.07, 6.45) is 1.77. The SMILES string of the molecule is CCC1OCCC1C(=O)Nc1ccccc1CNC. The van der Waals surface area contributed by atoms with Gasteiger partial charge in [0.1, 0.15) is 0 Å². The quantitative estimate of drug-likeness (QED) is 0.855. The van der Waals surface area contributed by atoms with E-state index in [0.717, 1.165) is 30.6 Å². The first-order valence-electron chi connectivity index (χ1n) is 6.91. The number of carbonyl (C=O) groups excluding carboxylic acids is 1. The predicted octanol–water partition coefficient (Wildman–Crippen LogP) is 2.16. The average Bonchev–Trinajstić information content (AvgIpc) is 2.89. The van der Waals surface area contributed by atoms with Gasteiger partial charge in [0, 0.05) is 18.8 Å². The van der Waals surface area contributed by atoms with Gasteiger partial charge < -0.3 is 15.4 Å². The number of hydrogen-bond donors (Lipinski definition) is 2. The van der Waals surface area contributed by atoms with E-state index in [1.165, 1.54) is 0 Å². The molecule has 0 saturated carbocycles. The molecule has 1 fully saturated rings.